The molecule has 11 heteroatoms. The van der Waals surface area contributed by atoms with Crippen LogP contribution < -0.4 is 4.72 Å². The number of carboxylic acid groups (broad SMARTS) is 1. The number of anilines is 1. The highest BCUT2D eigenvalue weighted by atomic mass is 32.2. The smallest absolute Gasteiger partial charge is 0.338 e. The van der Waals surface area contributed by atoms with Crippen LogP contribution in [-0.4, -0.2) is 34.6 Å². The zero-order chi connectivity index (χ0) is 22.7. The number of aromatic nitrogens is 3. The maximum Gasteiger partial charge on any atom is 0.338 e. The third-order valence-corrected chi connectivity index (χ3v) is 5.85. The van der Waals surface area contributed by atoms with Crippen molar-refractivity contribution in [2.24, 2.45) is 0 Å². The van der Waals surface area contributed by atoms with Gasteiger partial charge in [0.25, 0.3) is 10.0 Å². The number of benzene rings is 2. The van der Waals surface area contributed by atoms with Gasteiger partial charge in [0.15, 0.2) is 0 Å². The average molecular weight is 454 g/mol. The Morgan fingerprint density at radius 3 is 2.59 bits per heavy atom. The Kier molecular flexibility index (Phi) is 5.65. The summed E-state index contributed by atoms with van der Waals surface area (Å²) in [4.78, 5) is 19.0. The lowest BCUT2D eigenvalue weighted by atomic mass is 10.1. The van der Waals surface area contributed by atoms with Gasteiger partial charge in [0, 0.05) is 18.0 Å². The molecule has 0 aliphatic heterocycles. The summed E-state index contributed by atoms with van der Waals surface area (Å²) in [6.07, 6.45) is 3.34. The van der Waals surface area contributed by atoms with Crippen molar-refractivity contribution in [3.63, 3.8) is 0 Å². The molecule has 0 aliphatic carbocycles. The molecule has 0 atom stereocenters. The van der Waals surface area contributed by atoms with Crippen LogP contribution in [0.3, 0.4) is 0 Å². The minimum atomic E-state index is -4.19. The Morgan fingerprint density at radius 2 is 1.84 bits per heavy atom. The monoisotopic (exact) mass is 454 g/mol. The van der Waals surface area contributed by atoms with Gasteiger partial charge in [-0.2, -0.15) is 4.98 Å². The van der Waals surface area contributed by atoms with Gasteiger partial charge in [-0.15, -0.1) is 0 Å². The molecule has 9 nitrogen and oxygen atoms in total. The molecule has 4 rings (SSSR count). The van der Waals surface area contributed by atoms with E-state index in [1.165, 1.54) is 6.07 Å². The van der Waals surface area contributed by atoms with Gasteiger partial charge < -0.3 is 9.63 Å². The summed E-state index contributed by atoms with van der Waals surface area (Å²) in [5, 5.41) is 13.0. The zero-order valence-corrected chi connectivity index (χ0v) is 17.1. The number of para-hydroxylation sites is 1. The van der Waals surface area contributed by atoms with E-state index in [9.17, 15) is 17.6 Å². The van der Waals surface area contributed by atoms with Crippen molar-refractivity contribution in [2.75, 3.05) is 4.72 Å². The first-order valence-corrected chi connectivity index (χ1v) is 10.7. The SMILES string of the molecule is O=C(O)c1cc(S(=O)(=O)Nc2ccccc2Cc2nc(-c3ccncc3)no2)ccc1F. The van der Waals surface area contributed by atoms with E-state index in [2.05, 4.69) is 19.8 Å². The van der Waals surface area contributed by atoms with Gasteiger partial charge in [-0.05, 0) is 42.0 Å². The van der Waals surface area contributed by atoms with Crippen molar-refractivity contribution in [1.82, 2.24) is 15.1 Å². The molecule has 2 aromatic carbocycles. The van der Waals surface area contributed by atoms with Gasteiger partial charge >= 0.3 is 5.97 Å². The Balaban J connectivity index is 1.60. The van der Waals surface area contributed by atoms with Crippen LogP contribution in [0.2, 0.25) is 0 Å². The number of aromatic carboxylic acids is 1. The fourth-order valence-corrected chi connectivity index (χ4v) is 4.05. The van der Waals surface area contributed by atoms with Crippen LogP contribution in [0.15, 0.2) is 76.4 Å². The predicted octanol–water partition coefficient (Wildman–Crippen LogP) is 3.36. The maximum atomic E-state index is 13.6. The number of sulfonamides is 1. The number of carboxylic acids is 1. The van der Waals surface area contributed by atoms with Crippen LogP contribution >= 0.6 is 0 Å². The molecule has 2 heterocycles. The third kappa shape index (κ3) is 4.47. The van der Waals surface area contributed by atoms with Gasteiger partial charge in [0.2, 0.25) is 11.7 Å². The van der Waals surface area contributed by atoms with Crippen molar-refractivity contribution in [2.45, 2.75) is 11.3 Å². The molecular weight excluding hydrogens is 439 g/mol. The summed E-state index contributed by atoms with van der Waals surface area (Å²) in [5.74, 6) is -1.97. The summed E-state index contributed by atoms with van der Waals surface area (Å²) in [5.41, 5.74) is 0.754. The van der Waals surface area contributed by atoms with E-state index < -0.39 is 27.4 Å². The lowest BCUT2D eigenvalue weighted by Crippen LogP contribution is -2.15. The Morgan fingerprint density at radius 1 is 1.09 bits per heavy atom. The molecule has 0 radical (unpaired) electrons. The number of carbonyl (C=O) groups is 1. The van der Waals surface area contributed by atoms with Crippen molar-refractivity contribution >= 4 is 21.7 Å². The molecule has 0 bridgehead atoms. The number of halogens is 1. The number of hydrogen-bond donors (Lipinski definition) is 2. The quantitative estimate of drug-likeness (QED) is 0.434. The van der Waals surface area contributed by atoms with Crippen molar-refractivity contribution in [3.05, 3.63) is 89.8 Å². The molecule has 0 amide bonds. The summed E-state index contributed by atoms with van der Waals surface area (Å²) in [6, 6.07) is 12.6. The van der Waals surface area contributed by atoms with Gasteiger partial charge in [-0.1, -0.05) is 23.4 Å². The molecule has 162 valence electrons. The highest BCUT2D eigenvalue weighted by molar-refractivity contribution is 7.92. The molecule has 2 N–H and O–H groups in total. The Hall–Kier alpha value is -4.12. The molecule has 0 saturated carbocycles. The summed E-state index contributed by atoms with van der Waals surface area (Å²) in [7, 11) is -4.19. The second-order valence-electron chi connectivity index (χ2n) is 6.63. The molecular formula is C21H15FN4O5S. The molecule has 0 unspecified atom stereocenters. The van der Waals surface area contributed by atoms with Crippen LogP contribution in [0.5, 0.6) is 0 Å². The second kappa shape index (κ2) is 8.55. The predicted molar refractivity (Wildman–Crippen MR) is 111 cm³/mol. The van der Waals surface area contributed by atoms with E-state index in [0.717, 1.165) is 23.8 Å². The summed E-state index contributed by atoms with van der Waals surface area (Å²) in [6.45, 7) is 0. The number of hydrogen-bond acceptors (Lipinski definition) is 7. The van der Waals surface area contributed by atoms with Gasteiger partial charge in [0.05, 0.1) is 22.6 Å². The van der Waals surface area contributed by atoms with Crippen molar-refractivity contribution < 1.29 is 27.2 Å². The average Bonchev–Trinajstić information content (AvgIpc) is 3.24. The van der Waals surface area contributed by atoms with E-state index in [1.54, 1.807) is 42.7 Å². The number of nitrogens with zero attached hydrogens (tertiary/aromatic N) is 3. The van der Waals surface area contributed by atoms with Crippen LogP contribution in [0.25, 0.3) is 11.4 Å². The normalized spacial score (nSPS) is 11.3. The molecule has 0 aliphatic rings. The highest BCUT2D eigenvalue weighted by Crippen LogP contribution is 2.24. The van der Waals surface area contributed by atoms with Crippen LogP contribution in [0, 0.1) is 5.82 Å². The van der Waals surface area contributed by atoms with Gasteiger partial charge in [-0.25, -0.2) is 17.6 Å². The summed E-state index contributed by atoms with van der Waals surface area (Å²) < 4.78 is 46.9. The topological polar surface area (TPSA) is 135 Å². The van der Waals surface area contributed by atoms with E-state index in [1.807, 2.05) is 0 Å². The van der Waals surface area contributed by atoms with Crippen LogP contribution in [-0.2, 0) is 16.4 Å². The zero-order valence-electron chi connectivity index (χ0n) is 16.3. The maximum absolute atomic E-state index is 13.6. The largest absolute Gasteiger partial charge is 0.478 e. The molecule has 0 spiro atoms. The fourth-order valence-electron chi connectivity index (χ4n) is 2.92. The van der Waals surface area contributed by atoms with E-state index in [4.69, 9.17) is 9.63 Å². The van der Waals surface area contributed by atoms with Gasteiger partial charge in [0.1, 0.15) is 5.82 Å². The van der Waals surface area contributed by atoms with Crippen molar-refractivity contribution in [1.29, 1.82) is 0 Å². The third-order valence-electron chi connectivity index (χ3n) is 4.49. The van der Waals surface area contributed by atoms with E-state index >= 15 is 0 Å². The van der Waals surface area contributed by atoms with E-state index in [-0.39, 0.29) is 22.9 Å². The standard InChI is InChI=1S/C21H15FN4O5S/c22-17-6-5-15(12-16(17)21(27)28)32(29,30)26-18-4-2-1-3-14(18)11-19-24-20(25-31-19)13-7-9-23-10-8-13/h1-10,12,26H,11H2,(H,27,28). The highest BCUT2D eigenvalue weighted by Gasteiger charge is 2.21. The first-order chi connectivity index (χ1) is 15.3. The number of rotatable bonds is 7. The fraction of sp³-hybridized carbons (Fsp3) is 0.0476. The van der Waals surface area contributed by atoms with Crippen LogP contribution in [0.1, 0.15) is 21.8 Å². The molecule has 2 aromatic heterocycles. The summed E-state index contributed by atoms with van der Waals surface area (Å²) >= 11 is 0. The minimum absolute atomic E-state index is 0.139. The Bertz CT molecular complexity index is 1390. The van der Waals surface area contributed by atoms with E-state index in [0.29, 0.717) is 11.4 Å². The minimum Gasteiger partial charge on any atom is -0.478 e. The van der Waals surface area contributed by atoms with Crippen molar-refractivity contribution in [3.8, 4) is 11.4 Å². The number of nitrogens with one attached hydrogen (secondary N) is 1. The first-order valence-electron chi connectivity index (χ1n) is 9.20. The first kappa shape index (κ1) is 21.1. The van der Waals surface area contributed by atoms with Gasteiger partial charge in [-0.3, -0.25) is 9.71 Å². The molecule has 4 aromatic rings. The lowest BCUT2D eigenvalue weighted by Gasteiger charge is -2.12. The molecule has 32 heavy (non-hydrogen) atoms. The molecule has 0 fully saturated rings. The lowest BCUT2D eigenvalue weighted by molar-refractivity contribution is 0.0691. The number of pyridine rings is 1. The second-order valence-corrected chi connectivity index (χ2v) is 8.32. The Labute approximate surface area is 181 Å². The van der Waals surface area contributed by atoms with Crippen LogP contribution in [0.4, 0.5) is 10.1 Å². The molecule has 0 saturated heterocycles.